The van der Waals surface area contributed by atoms with Crippen molar-refractivity contribution in [2.45, 2.75) is 67.2 Å². The fourth-order valence-electron chi connectivity index (χ4n) is 4.45. The average molecular weight is 835 g/mol. The zero-order chi connectivity index (χ0) is 39.7. The largest absolute Gasteiger partial charge is 4.00 e. The second-order valence-electron chi connectivity index (χ2n) is 12.6. The topological polar surface area (TPSA) is 241 Å². The first-order chi connectivity index (χ1) is 24.3. The first-order valence-electron chi connectivity index (χ1n) is 16.3. The summed E-state index contributed by atoms with van der Waals surface area (Å²) in [5.41, 5.74) is 1.83. The van der Waals surface area contributed by atoms with Crippen LogP contribution in [0.3, 0.4) is 0 Å². The van der Waals surface area contributed by atoms with E-state index in [1.807, 2.05) is 0 Å². The molecule has 4 rings (SSSR count). The third kappa shape index (κ3) is 15.9. The molecule has 0 radical (unpaired) electrons. The second-order valence-corrected chi connectivity index (χ2v) is 12.6. The molecule has 0 aromatic heterocycles. The summed E-state index contributed by atoms with van der Waals surface area (Å²) in [6.07, 6.45) is 3.21. The molecule has 0 bridgehead atoms. The molecule has 0 amide bonds. The van der Waals surface area contributed by atoms with Crippen molar-refractivity contribution in [1.29, 1.82) is 0 Å². The molecule has 0 spiro atoms. The minimum absolute atomic E-state index is 0. The zero-order valence-corrected chi connectivity index (χ0v) is 33.3. The maximum Gasteiger partial charge on any atom is 4.00 e. The van der Waals surface area contributed by atoms with Gasteiger partial charge in [0.2, 0.25) is 0 Å². The molecule has 0 heterocycles. The molecule has 4 aromatic rings. The van der Waals surface area contributed by atoms with Gasteiger partial charge in [0.05, 0.1) is 23.9 Å². The van der Waals surface area contributed by atoms with Crippen LogP contribution in [0.4, 0.5) is 0 Å². The Balaban J connectivity index is 0.000000683. The van der Waals surface area contributed by atoms with Gasteiger partial charge < -0.3 is 60.0 Å². The van der Waals surface area contributed by atoms with Crippen LogP contribution in [0.2, 0.25) is 0 Å². The van der Waals surface area contributed by atoms with E-state index in [4.69, 9.17) is 10.2 Å². The van der Waals surface area contributed by atoms with Gasteiger partial charge in [0, 0.05) is 22.3 Å². The van der Waals surface area contributed by atoms with Gasteiger partial charge in [-0.05, 0) is 97.9 Å². The minimum atomic E-state index is -1.36. The Hall–Kier alpha value is -5.24. The fourth-order valence-corrected chi connectivity index (χ4v) is 4.45. The number of aromatic carboxylic acids is 4. The number of aryl methyl sites for hydroxylation is 4. The predicted octanol–water partition coefficient (Wildman–Crippen LogP) is 2.44. The first-order valence-corrected chi connectivity index (χ1v) is 16.3. The summed E-state index contributed by atoms with van der Waals surface area (Å²) in [6, 6.07) is 18.4. The van der Waals surface area contributed by atoms with Crippen molar-refractivity contribution in [3.63, 3.8) is 0 Å². The summed E-state index contributed by atoms with van der Waals surface area (Å²) in [4.78, 5) is 41.9. The number of hydrogen-bond acceptors (Lipinski definition) is 12. The molecule has 53 heavy (non-hydrogen) atoms. The van der Waals surface area contributed by atoms with Crippen molar-refractivity contribution in [2.75, 3.05) is 0 Å². The molecule has 280 valence electrons. The van der Waals surface area contributed by atoms with Crippen LogP contribution in [0, 0.1) is 25.7 Å². The van der Waals surface area contributed by atoms with Gasteiger partial charge in [-0.15, -0.1) is 0 Å². The SMILES string of the molecule is CC(C)CCc1cccc(C(=O)[O-])c1O.CC(C)CCc1cccc(C(=O)[O-])c1O.Cc1cccc(C(=O)[O-])c1O.Cc1cccc(C(=O)[O-])c1O.[Sn+4]. The molecule has 0 saturated heterocycles. The van der Waals surface area contributed by atoms with Gasteiger partial charge in [0.15, 0.2) is 0 Å². The third-order valence-electron chi connectivity index (χ3n) is 7.58. The number of para-hydroxylation sites is 4. The molecule has 12 nitrogen and oxygen atoms in total. The number of hydrogen-bond donors (Lipinski definition) is 4. The maximum atomic E-state index is 10.6. The van der Waals surface area contributed by atoms with Gasteiger partial charge in [-0.3, -0.25) is 0 Å². The molecule has 0 saturated carbocycles. The summed E-state index contributed by atoms with van der Waals surface area (Å²) in [5, 5.41) is 79.5. The van der Waals surface area contributed by atoms with Gasteiger partial charge in [-0.2, -0.15) is 0 Å². The smallest absolute Gasteiger partial charge is 0.545 e. The van der Waals surface area contributed by atoms with Crippen LogP contribution in [0.25, 0.3) is 0 Å². The predicted molar refractivity (Wildman–Crippen MR) is 191 cm³/mol. The van der Waals surface area contributed by atoms with Crippen LogP contribution in [-0.4, -0.2) is 68.2 Å². The van der Waals surface area contributed by atoms with Gasteiger partial charge in [-0.25, -0.2) is 0 Å². The van der Waals surface area contributed by atoms with Crippen LogP contribution in [0.15, 0.2) is 72.8 Å². The van der Waals surface area contributed by atoms with Crippen LogP contribution in [0.1, 0.15) is 104 Å². The van der Waals surface area contributed by atoms with E-state index >= 15 is 0 Å². The summed E-state index contributed by atoms with van der Waals surface area (Å²) >= 11 is 0. The summed E-state index contributed by atoms with van der Waals surface area (Å²) < 4.78 is 0. The van der Waals surface area contributed by atoms with E-state index in [-0.39, 0.29) is 69.2 Å². The van der Waals surface area contributed by atoms with Gasteiger partial charge in [0.25, 0.3) is 0 Å². The van der Waals surface area contributed by atoms with Crippen molar-refractivity contribution >= 4 is 47.8 Å². The van der Waals surface area contributed by atoms with E-state index in [1.165, 1.54) is 24.3 Å². The fraction of sp³-hybridized carbons (Fsp3) is 0.300. The van der Waals surface area contributed by atoms with Gasteiger partial charge in [-0.1, -0.05) is 76.2 Å². The molecule has 0 atom stereocenters. The minimum Gasteiger partial charge on any atom is -0.545 e. The number of carbonyl (C=O) groups is 4. The number of phenols is 4. The Labute approximate surface area is 326 Å². The number of rotatable bonds is 10. The molecule has 0 aliphatic carbocycles. The standard InChI is InChI=1S/2C12H16O3.2C8H8O3.Sn/c2*1-8(2)6-7-9-4-3-5-10(11(9)13)12(14)15;2*1-5-3-2-4-6(7(5)9)8(10)11;/h2*3-5,8,13H,6-7H2,1-2H3,(H,14,15);2*2-4,9H,1H3,(H,10,11);/q;;;;+4/p-4. The number of benzene rings is 4. The Morgan fingerprint density at radius 1 is 0.472 bits per heavy atom. The first kappa shape index (κ1) is 47.8. The second kappa shape index (κ2) is 23.3. The summed E-state index contributed by atoms with van der Waals surface area (Å²) in [7, 11) is 0. The van der Waals surface area contributed by atoms with Crippen LogP contribution >= 0.6 is 0 Å². The molecule has 0 unspecified atom stereocenters. The maximum absolute atomic E-state index is 10.6. The van der Waals surface area contributed by atoms with Crippen molar-refractivity contribution in [1.82, 2.24) is 0 Å². The Bertz CT molecular complexity index is 1700. The van der Waals surface area contributed by atoms with Crippen LogP contribution < -0.4 is 20.4 Å². The van der Waals surface area contributed by atoms with E-state index in [1.54, 1.807) is 62.4 Å². The summed E-state index contributed by atoms with van der Waals surface area (Å²) in [5.74, 6) is -5.07. The zero-order valence-electron chi connectivity index (χ0n) is 30.5. The normalized spacial score (nSPS) is 9.96. The molecule has 4 aromatic carbocycles. The van der Waals surface area contributed by atoms with Crippen molar-refractivity contribution in [3.8, 4) is 23.0 Å². The molecule has 0 aliphatic heterocycles. The Morgan fingerprint density at radius 2 is 0.717 bits per heavy atom. The molecule has 0 aliphatic rings. The molecular weight excluding hydrogens is 791 g/mol. The van der Waals surface area contributed by atoms with E-state index in [0.29, 0.717) is 46.9 Å². The van der Waals surface area contributed by atoms with E-state index in [2.05, 4.69) is 27.7 Å². The Kier molecular flexibility index (Phi) is 21.0. The number of carboxylic acids is 4. The van der Waals surface area contributed by atoms with Crippen LogP contribution in [0.5, 0.6) is 23.0 Å². The van der Waals surface area contributed by atoms with Crippen LogP contribution in [-0.2, 0) is 12.8 Å². The molecular formula is C40H44O12Sn. The van der Waals surface area contributed by atoms with Gasteiger partial charge >= 0.3 is 23.9 Å². The Morgan fingerprint density at radius 3 is 0.943 bits per heavy atom. The quantitative estimate of drug-likeness (QED) is 0.169. The van der Waals surface area contributed by atoms with Crippen molar-refractivity contribution < 1.29 is 60.0 Å². The number of aromatic hydroxyl groups is 4. The third-order valence-corrected chi connectivity index (χ3v) is 7.58. The molecule has 13 heteroatoms. The summed E-state index contributed by atoms with van der Waals surface area (Å²) in [6.45, 7) is 11.6. The molecule has 4 N–H and O–H groups in total. The van der Waals surface area contributed by atoms with E-state index in [0.717, 1.165) is 12.8 Å². The van der Waals surface area contributed by atoms with Gasteiger partial charge in [0.1, 0.15) is 23.0 Å². The van der Waals surface area contributed by atoms with E-state index < -0.39 is 23.9 Å². The van der Waals surface area contributed by atoms with Crippen molar-refractivity contribution in [2.24, 2.45) is 11.8 Å². The number of carbonyl (C=O) groups excluding carboxylic acids is 4. The van der Waals surface area contributed by atoms with E-state index in [9.17, 15) is 49.8 Å². The number of carboxylic acid groups (broad SMARTS) is 4. The monoisotopic (exact) mass is 836 g/mol. The molecule has 0 fully saturated rings. The van der Waals surface area contributed by atoms with Crippen molar-refractivity contribution in [3.05, 3.63) is 117 Å². The average Bonchev–Trinajstić information content (AvgIpc) is 3.06.